The summed E-state index contributed by atoms with van der Waals surface area (Å²) in [5.41, 5.74) is 0.183. The summed E-state index contributed by atoms with van der Waals surface area (Å²) in [5.74, 6) is -0.521. The summed E-state index contributed by atoms with van der Waals surface area (Å²) >= 11 is 0. The van der Waals surface area contributed by atoms with Crippen LogP contribution in [0.15, 0.2) is 60.7 Å². The van der Waals surface area contributed by atoms with Crippen LogP contribution in [0, 0.1) is 0 Å². The Labute approximate surface area is 206 Å². The Kier molecular flexibility index (Phi) is 11.3. The maximum Gasteiger partial charge on any atom is 0.338 e. The van der Waals surface area contributed by atoms with E-state index in [4.69, 9.17) is 9.47 Å². The molecular weight excluding hydrogens is 424 g/mol. The van der Waals surface area contributed by atoms with Crippen LogP contribution in [0.1, 0.15) is 113 Å². The highest BCUT2D eigenvalue weighted by molar-refractivity contribution is 5.90. The highest BCUT2D eigenvalue weighted by atomic mass is 16.6. The Bertz CT molecular complexity index is 790. The fraction of sp³-hybridized carbons (Fsp3) is 0.533. The van der Waals surface area contributed by atoms with Crippen molar-refractivity contribution in [1.82, 2.24) is 0 Å². The number of hydrogen-bond acceptors (Lipinski definition) is 4. The number of carbonyl (C=O) groups is 2. The van der Waals surface area contributed by atoms with E-state index in [0.717, 1.165) is 64.2 Å². The van der Waals surface area contributed by atoms with Crippen LogP contribution in [0.4, 0.5) is 0 Å². The van der Waals surface area contributed by atoms with Gasteiger partial charge in [0.05, 0.1) is 11.1 Å². The number of esters is 2. The molecule has 2 aromatic rings. The van der Waals surface area contributed by atoms with Gasteiger partial charge in [-0.25, -0.2) is 9.59 Å². The van der Waals surface area contributed by atoms with Gasteiger partial charge in [-0.1, -0.05) is 63.1 Å². The van der Waals surface area contributed by atoms with Crippen LogP contribution in [0.2, 0.25) is 0 Å². The standard InChI is InChI=1S/C30H42O4/c1-5-7-21-29(3,33-27(31)25-17-11-9-12-18-25)23-15-16-24-30(4,22-8-6-2)34-28(32)26-19-13-10-14-20-26/h9-14,17-20H,5-8,15-16,21-24H2,1-4H3. The van der Waals surface area contributed by atoms with E-state index < -0.39 is 11.2 Å². The molecule has 0 aliphatic carbocycles. The molecule has 2 rings (SSSR count). The predicted molar refractivity (Wildman–Crippen MR) is 138 cm³/mol. The molecule has 0 aliphatic rings. The number of benzene rings is 2. The summed E-state index contributed by atoms with van der Waals surface area (Å²) in [6.45, 7) is 8.41. The van der Waals surface area contributed by atoms with Gasteiger partial charge in [-0.05, 0) is 89.5 Å². The fourth-order valence-corrected chi connectivity index (χ4v) is 4.27. The molecule has 4 heteroatoms. The third-order valence-corrected chi connectivity index (χ3v) is 6.48. The van der Waals surface area contributed by atoms with E-state index >= 15 is 0 Å². The topological polar surface area (TPSA) is 52.6 Å². The molecule has 0 radical (unpaired) electrons. The normalized spacial score (nSPS) is 14.6. The van der Waals surface area contributed by atoms with Crippen LogP contribution in [-0.2, 0) is 9.47 Å². The Hall–Kier alpha value is -2.62. The van der Waals surface area contributed by atoms with Gasteiger partial charge in [0.15, 0.2) is 0 Å². The van der Waals surface area contributed by atoms with E-state index in [-0.39, 0.29) is 11.9 Å². The van der Waals surface area contributed by atoms with E-state index in [1.54, 1.807) is 24.3 Å². The summed E-state index contributed by atoms with van der Waals surface area (Å²) in [5, 5.41) is 0. The fourth-order valence-electron chi connectivity index (χ4n) is 4.27. The van der Waals surface area contributed by atoms with Crippen molar-refractivity contribution in [2.75, 3.05) is 0 Å². The second kappa shape index (κ2) is 13.9. The SMILES string of the molecule is CCCCC(C)(CCCCC(C)(CCCC)OC(=O)c1ccccc1)OC(=O)c1ccccc1. The first-order chi connectivity index (χ1) is 16.3. The Balaban J connectivity index is 1.96. The zero-order chi connectivity index (χ0) is 24.9. The van der Waals surface area contributed by atoms with Gasteiger partial charge in [0.2, 0.25) is 0 Å². The first kappa shape index (κ1) is 27.6. The molecule has 0 aliphatic heterocycles. The van der Waals surface area contributed by atoms with Gasteiger partial charge in [0.1, 0.15) is 11.2 Å². The average Bonchev–Trinajstić information content (AvgIpc) is 2.85. The Morgan fingerprint density at radius 1 is 0.588 bits per heavy atom. The van der Waals surface area contributed by atoms with Crippen molar-refractivity contribution in [3.63, 3.8) is 0 Å². The van der Waals surface area contributed by atoms with E-state index in [1.807, 2.05) is 36.4 Å². The minimum atomic E-state index is -0.497. The summed E-state index contributed by atoms with van der Waals surface area (Å²) in [6, 6.07) is 18.4. The van der Waals surface area contributed by atoms with Crippen LogP contribution in [0.25, 0.3) is 0 Å². The molecule has 186 valence electrons. The van der Waals surface area contributed by atoms with Crippen molar-refractivity contribution in [2.24, 2.45) is 0 Å². The van der Waals surface area contributed by atoms with Crippen molar-refractivity contribution in [3.05, 3.63) is 71.8 Å². The second-order valence-electron chi connectivity index (χ2n) is 9.83. The minimum Gasteiger partial charge on any atom is -0.456 e. The lowest BCUT2D eigenvalue weighted by atomic mass is 9.88. The van der Waals surface area contributed by atoms with E-state index in [0.29, 0.717) is 11.1 Å². The van der Waals surface area contributed by atoms with Crippen LogP contribution in [-0.4, -0.2) is 23.1 Å². The number of carbonyl (C=O) groups excluding carboxylic acids is 2. The Morgan fingerprint density at radius 2 is 0.912 bits per heavy atom. The number of hydrogen-bond donors (Lipinski definition) is 0. The monoisotopic (exact) mass is 466 g/mol. The van der Waals surface area contributed by atoms with Crippen LogP contribution >= 0.6 is 0 Å². The molecule has 34 heavy (non-hydrogen) atoms. The van der Waals surface area contributed by atoms with Crippen molar-refractivity contribution < 1.29 is 19.1 Å². The third kappa shape index (κ3) is 9.32. The van der Waals surface area contributed by atoms with Gasteiger partial charge < -0.3 is 9.47 Å². The zero-order valence-electron chi connectivity index (χ0n) is 21.5. The Morgan fingerprint density at radius 3 is 1.24 bits per heavy atom. The summed E-state index contributed by atoms with van der Waals surface area (Å²) in [4.78, 5) is 25.4. The van der Waals surface area contributed by atoms with Crippen LogP contribution in [0.3, 0.4) is 0 Å². The maximum atomic E-state index is 12.7. The first-order valence-electron chi connectivity index (χ1n) is 12.9. The van der Waals surface area contributed by atoms with Gasteiger partial charge in [-0.2, -0.15) is 0 Å². The highest BCUT2D eigenvalue weighted by Gasteiger charge is 2.31. The van der Waals surface area contributed by atoms with Gasteiger partial charge in [0, 0.05) is 0 Å². The molecule has 4 nitrogen and oxygen atoms in total. The molecule has 0 spiro atoms. The smallest absolute Gasteiger partial charge is 0.338 e. The van der Waals surface area contributed by atoms with E-state index in [9.17, 15) is 9.59 Å². The third-order valence-electron chi connectivity index (χ3n) is 6.48. The second-order valence-corrected chi connectivity index (χ2v) is 9.83. The largest absolute Gasteiger partial charge is 0.456 e. The summed E-state index contributed by atoms with van der Waals surface area (Å²) < 4.78 is 12.0. The van der Waals surface area contributed by atoms with Crippen molar-refractivity contribution in [2.45, 2.75) is 103 Å². The van der Waals surface area contributed by atoms with Crippen molar-refractivity contribution >= 4 is 11.9 Å². The van der Waals surface area contributed by atoms with Gasteiger partial charge >= 0.3 is 11.9 Å². The summed E-state index contributed by atoms with van der Waals surface area (Å²) in [6.07, 6.45) is 9.25. The molecule has 0 saturated heterocycles. The molecule has 2 unspecified atom stereocenters. The highest BCUT2D eigenvalue weighted by Crippen LogP contribution is 2.31. The average molecular weight is 467 g/mol. The lowest BCUT2D eigenvalue weighted by molar-refractivity contribution is -0.0277. The predicted octanol–water partition coefficient (Wildman–Crippen LogP) is 8.16. The molecule has 0 heterocycles. The molecule has 0 saturated carbocycles. The molecule has 0 fully saturated rings. The lowest BCUT2D eigenvalue weighted by Crippen LogP contribution is -2.33. The van der Waals surface area contributed by atoms with Gasteiger partial charge in [-0.3, -0.25) is 0 Å². The van der Waals surface area contributed by atoms with Gasteiger partial charge in [-0.15, -0.1) is 0 Å². The molecular formula is C30H42O4. The number of rotatable bonds is 15. The minimum absolute atomic E-state index is 0.260. The molecule has 2 atom stereocenters. The molecule has 2 aromatic carbocycles. The van der Waals surface area contributed by atoms with Crippen molar-refractivity contribution in [1.29, 1.82) is 0 Å². The van der Waals surface area contributed by atoms with E-state index in [2.05, 4.69) is 27.7 Å². The zero-order valence-corrected chi connectivity index (χ0v) is 21.5. The molecule has 0 N–H and O–H groups in total. The molecule has 0 amide bonds. The molecule has 0 bridgehead atoms. The number of ether oxygens (including phenoxy) is 2. The first-order valence-corrected chi connectivity index (χ1v) is 12.9. The quantitative estimate of drug-likeness (QED) is 0.196. The van der Waals surface area contributed by atoms with Gasteiger partial charge in [0.25, 0.3) is 0 Å². The van der Waals surface area contributed by atoms with Crippen LogP contribution < -0.4 is 0 Å². The van der Waals surface area contributed by atoms with E-state index in [1.165, 1.54) is 0 Å². The maximum absolute atomic E-state index is 12.7. The lowest BCUT2D eigenvalue weighted by Gasteiger charge is -2.32. The summed E-state index contributed by atoms with van der Waals surface area (Å²) in [7, 11) is 0. The van der Waals surface area contributed by atoms with Crippen molar-refractivity contribution in [3.8, 4) is 0 Å². The molecule has 0 aromatic heterocycles. The van der Waals surface area contributed by atoms with Crippen LogP contribution in [0.5, 0.6) is 0 Å². The number of unbranched alkanes of at least 4 members (excludes halogenated alkanes) is 3.